The molecule has 0 bridgehead atoms. The van der Waals surface area contributed by atoms with Crippen LogP contribution in [0, 0.1) is 5.82 Å². The van der Waals surface area contributed by atoms with Crippen molar-refractivity contribution in [3.05, 3.63) is 22.2 Å². The van der Waals surface area contributed by atoms with Crippen LogP contribution in [0.15, 0.2) is 10.5 Å². The number of carbonyl (C=O) groups is 1. The van der Waals surface area contributed by atoms with E-state index in [9.17, 15) is 9.18 Å². The summed E-state index contributed by atoms with van der Waals surface area (Å²) in [5.41, 5.74) is 0.732. The van der Waals surface area contributed by atoms with E-state index < -0.39 is 5.82 Å². The molecular formula is C12H10BrFN2O2. The molecule has 4 nitrogen and oxygen atoms in total. The summed E-state index contributed by atoms with van der Waals surface area (Å²) >= 11 is 3.27. The van der Waals surface area contributed by atoms with Crippen molar-refractivity contribution in [1.29, 1.82) is 0 Å². The Morgan fingerprint density at radius 3 is 3.06 bits per heavy atom. The number of ether oxygens (including phenoxy) is 1. The fourth-order valence-corrected chi connectivity index (χ4v) is 2.77. The molecule has 0 N–H and O–H groups in total. The molecule has 1 aliphatic heterocycles. The van der Waals surface area contributed by atoms with Crippen molar-refractivity contribution in [3.63, 3.8) is 0 Å². The molecule has 0 fully saturated rings. The summed E-state index contributed by atoms with van der Waals surface area (Å²) in [7, 11) is 0. The van der Waals surface area contributed by atoms with Crippen molar-refractivity contribution < 1.29 is 13.9 Å². The molecular weight excluding hydrogens is 303 g/mol. The van der Waals surface area contributed by atoms with Gasteiger partial charge in [-0.2, -0.15) is 0 Å². The van der Waals surface area contributed by atoms with E-state index in [1.165, 1.54) is 13.0 Å². The minimum absolute atomic E-state index is 0.0462. The first-order valence-electron chi connectivity index (χ1n) is 5.54. The van der Waals surface area contributed by atoms with Crippen LogP contribution in [-0.2, 0) is 0 Å². The first kappa shape index (κ1) is 11.6. The van der Waals surface area contributed by atoms with Crippen LogP contribution in [0.2, 0.25) is 0 Å². The summed E-state index contributed by atoms with van der Waals surface area (Å²) in [6, 6.07) is 1.27. The number of nitrogens with zero attached hydrogens (tertiary/aromatic N) is 2. The molecule has 1 unspecified atom stereocenters. The minimum atomic E-state index is -0.459. The molecule has 0 spiro atoms. The fraction of sp³-hybridized carbons (Fsp3) is 0.333. The van der Waals surface area contributed by atoms with Gasteiger partial charge in [0.2, 0.25) is 0 Å². The zero-order chi connectivity index (χ0) is 13.0. The molecule has 0 saturated carbocycles. The molecule has 1 aromatic heterocycles. The van der Waals surface area contributed by atoms with E-state index in [2.05, 4.69) is 20.9 Å². The molecule has 1 aromatic carbocycles. The highest BCUT2D eigenvalue weighted by Crippen LogP contribution is 2.40. The Bertz CT molecular complexity index is 681. The van der Waals surface area contributed by atoms with Gasteiger partial charge in [-0.05, 0) is 28.9 Å². The van der Waals surface area contributed by atoms with Crippen LogP contribution in [0.3, 0.4) is 0 Å². The number of imidazole rings is 1. The number of carbonyl (C=O) groups excluding carboxylic acids is 1. The molecule has 1 atom stereocenters. The van der Waals surface area contributed by atoms with Gasteiger partial charge in [-0.3, -0.25) is 4.79 Å². The lowest BCUT2D eigenvalue weighted by Gasteiger charge is -2.24. The second kappa shape index (κ2) is 3.78. The molecule has 18 heavy (non-hydrogen) atoms. The molecule has 94 valence electrons. The van der Waals surface area contributed by atoms with Crippen molar-refractivity contribution in [1.82, 2.24) is 9.55 Å². The predicted octanol–water partition coefficient (Wildman–Crippen LogP) is 3.09. The Morgan fingerprint density at radius 2 is 2.39 bits per heavy atom. The molecule has 0 radical (unpaired) electrons. The maximum absolute atomic E-state index is 13.9. The highest BCUT2D eigenvalue weighted by molar-refractivity contribution is 9.10. The van der Waals surface area contributed by atoms with Gasteiger partial charge in [0.25, 0.3) is 0 Å². The molecule has 2 heterocycles. The van der Waals surface area contributed by atoms with E-state index >= 15 is 0 Å². The zero-order valence-electron chi connectivity index (χ0n) is 9.83. The Morgan fingerprint density at radius 1 is 1.67 bits per heavy atom. The molecule has 1 aliphatic rings. The third-order valence-electron chi connectivity index (χ3n) is 3.05. The van der Waals surface area contributed by atoms with Crippen LogP contribution in [0.1, 0.15) is 30.5 Å². The Kier molecular flexibility index (Phi) is 2.45. The van der Waals surface area contributed by atoms with Gasteiger partial charge in [-0.25, -0.2) is 9.37 Å². The lowest BCUT2D eigenvalue weighted by atomic mass is 10.2. The number of ketones is 1. The van der Waals surface area contributed by atoms with Gasteiger partial charge in [0.15, 0.2) is 23.2 Å². The van der Waals surface area contributed by atoms with E-state index in [4.69, 9.17) is 4.74 Å². The number of hydrogen-bond acceptors (Lipinski definition) is 3. The van der Waals surface area contributed by atoms with Crippen LogP contribution in [0.25, 0.3) is 11.0 Å². The quantitative estimate of drug-likeness (QED) is 0.760. The number of Topliss-reactive ketones (excluding diaryl/α,β-unsaturated/α-hetero) is 1. The van der Waals surface area contributed by atoms with Crippen LogP contribution in [0.4, 0.5) is 4.39 Å². The maximum Gasteiger partial charge on any atom is 0.195 e. The van der Waals surface area contributed by atoms with Crippen molar-refractivity contribution in [2.24, 2.45) is 0 Å². The summed E-state index contributed by atoms with van der Waals surface area (Å²) in [6.07, 6.45) is 0. The van der Waals surface area contributed by atoms with E-state index in [0.717, 1.165) is 0 Å². The number of benzene rings is 1. The molecule has 0 saturated heterocycles. The standard InChI is InChI=1S/C12H10BrFN2O2/c1-5-4-18-11-7(13)3-8(14)9-10(11)16(5)12(15-9)6(2)17/h3,5H,4H2,1-2H3. The van der Waals surface area contributed by atoms with Crippen molar-refractivity contribution >= 4 is 32.7 Å². The normalized spacial score (nSPS) is 17.9. The summed E-state index contributed by atoms with van der Waals surface area (Å²) in [5.74, 6) is 0.185. The fourth-order valence-electron chi connectivity index (χ4n) is 2.27. The third kappa shape index (κ3) is 1.41. The Labute approximate surface area is 111 Å². The van der Waals surface area contributed by atoms with Gasteiger partial charge in [0, 0.05) is 6.92 Å². The van der Waals surface area contributed by atoms with Gasteiger partial charge in [-0.1, -0.05) is 0 Å². The monoisotopic (exact) mass is 312 g/mol. The predicted molar refractivity (Wildman–Crippen MR) is 67.6 cm³/mol. The zero-order valence-corrected chi connectivity index (χ0v) is 11.4. The molecule has 2 aromatic rings. The average molecular weight is 313 g/mol. The smallest absolute Gasteiger partial charge is 0.195 e. The first-order valence-corrected chi connectivity index (χ1v) is 6.33. The lowest BCUT2D eigenvalue weighted by Crippen LogP contribution is -2.22. The van der Waals surface area contributed by atoms with Crippen molar-refractivity contribution in [3.8, 4) is 5.75 Å². The van der Waals surface area contributed by atoms with E-state index in [1.54, 1.807) is 4.57 Å². The highest BCUT2D eigenvalue weighted by Gasteiger charge is 2.29. The average Bonchev–Trinajstić information content (AvgIpc) is 2.69. The summed E-state index contributed by atoms with van der Waals surface area (Å²) in [5, 5.41) is 0. The number of hydrogen-bond donors (Lipinski definition) is 0. The molecule has 3 rings (SSSR count). The summed E-state index contributed by atoms with van der Waals surface area (Å²) in [6.45, 7) is 3.78. The summed E-state index contributed by atoms with van der Waals surface area (Å²) < 4.78 is 21.8. The van der Waals surface area contributed by atoms with Crippen molar-refractivity contribution in [2.75, 3.05) is 6.61 Å². The second-order valence-electron chi connectivity index (χ2n) is 4.39. The van der Waals surface area contributed by atoms with Crippen LogP contribution >= 0.6 is 15.9 Å². The van der Waals surface area contributed by atoms with Crippen LogP contribution < -0.4 is 4.74 Å². The van der Waals surface area contributed by atoms with Crippen molar-refractivity contribution in [2.45, 2.75) is 19.9 Å². The largest absolute Gasteiger partial charge is 0.488 e. The van der Waals surface area contributed by atoms with Gasteiger partial charge in [0.05, 0.1) is 10.5 Å². The maximum atomic E-state index is 13.9. The first-order chi connectivity index (χ1) is 8.50. The number of aromatic nitrogens is 2. The lowest BCUT2D eigenvalue weighted by molar-refractivity contribution is 0.0995. The van der Waals surface area contributed by atoms with E-state index in [1.807, 2.05) is 6.92 Å². The minimum Gasteiger partial charge on any atom is -0.488 e. The SMILES string of the molecule is CC(=O)c1nc2c(F)cc(Br)c3c2n1C(C)CO3. The molecule has 0 amide bonds. The third-order valence-corrected chi connectivity index (χ3v) is 3.64. The summed E-state index contributed by atoms with van der Waals surface area (Å²) in [4.78, 5) is 15.7. The number of rotatable bonds is 1. The Balaban J connectivity index is 2.51. The van der Waals surface area contributed by atoms with Crippen LogP contribution in [-0.4, -0.2) is 21.9 Å². The van der Waals surface area contributed by atoms with Gasteiger partial charge >= 0.3 is 0 Å². The number of halogens is 2. The van der Waals surface area contributed by atoms with E-state index in [-0.39, 0.29) is 23.2 Å². The van der Waals surface area contributed by atoms with Gasteiger partial charge < -0.3 is 9.30 Å². The highest BCUT2D eigenvalue weighted by atomic mass is 79.9. The van der Waals surface area contributed by atoms with Crippen LogP contribution in [0.5, 0.6) is 5.75 Å². The topological polar surface area (TPSA) is 44.1 Å². The van der Waals surface area contributed by atoms with Gasteiger partial charge in [-0.15, -0.1) is 0 Å². The molecule has 0 aliphatic carbocycles. The van der Waals surface area contributed by atoms with Gasteiger partial charge in [0.1, 0.15) is 17.6 Å². The molecule has 6 heteroatoms. The second-order valence-corrected chi connectivity index (χ2v) is 5.24. The Hall–Kier alpha value is -1.43. The van der Waals surface area contributed by atoms with E-state index in [0.29, 0.717) is 22.3 Å².